The molecule has 0 spiro atoms. The Hall–Kier alpha value is -4.41. The average molecular weight is 499 g/mol. The number of imidazole rings is 1. The predicted molar refractivity (Wildman–Crippen MR) is 140 cm³/mol. The fourth-order valence-corrected chi connectivity index (χ4v) is 4.50. The molecule has 0 bridgehead atoms. The number of para-hydroxylation sites is 2. The van der Waals surface area contributed by atoms with E-state index < -0.39 is 0 Å². The van der Waals surface area contributed by atoms with Crippen molar-refractivity contribution >= 4 is 45.1 Å². The number of nitrogens with one attached hydrogen (secondary N) is 2. The molecular formula is C26H22N6O3S. The van der Waals surface area contributed by atoms with Crippen molar-refractivity contribution in [1.82, 2.24) is 14.4 Å². The van der Waals surface area contributed by atoms with E-state index in [1.165, 1.54) is 11.3 Å². The Morgan fingerprint density at radius 1 is 1.11 bits per heavy atom. The van der Waals surface area contributed by atoms with Gasteiger partial charge in [0.15, 0.2) is 5.13 Å². The lowest BCUT2D eigenvalue weighted by molar-refractivity contribution is -0.0798. The van der Waals surface area contributed by atoms with Crippen LogP contribution >= 0.6 is 11.3 Å². The molecule has 1 fully saturated rings. The Kier molecular flexibility index (Phi) is 5.72. The van der Waals surface area contributed by atoms with Gasteiger partial charge in [0.25, 0.3) is 5.91 Å². The number of hydrogen-bond acceptors (Lipinski definition) is 8. The summed E-state index contributed by atoms with van der Waals surface area (Å²) < 4.78 is 13.1. The van der Waals surface area contributed by atoms with Crippen LogP contribution < -0.4 is 21.1 Å². The Bertz CT molecular complexity index is 1540. The van der Waals surface area contributed by atoms with Crippen molar-refractivity contribution in [2.24, 2.45) is 0 Å². The molecule has 10 heteroatoms. The van der Waals surface area contributed by atoms with E-state index in [-0.39, 0.29) is 12.0 Å². The van der Waals surface area contributed by atoms with Crippen molar-refractivity contribution in [1.29, 1.82) is 0 Å². The molecule has 5 aromatic rings. The summed E-state index contributed by atoms with van der Waals surface area (Å²) in [5.41, 5.74) is 10.9. The van der Waals surface area contributed by atoms with Crippen LogP contribution in [0.1, 0.15) is 10.4 Å². The molecule has 1 aliphatic rings. The van der Waals surface area contributed by atoms with Gasteiger partial charge < -0.3 is 25.8 Å². The summed E-state index contributed by atoms with van der Waals surface area (Å²) in [5, 5.41) is 8.84. The molecule has 1 aliphatic heterocycles. The van der Waals surface area contributed by atoms with E-state index in [1.54, 1.807) is 30.5 Å². The highest BCUT2D eigenvalue weighted by Gasteiger charge is 2.20. The van der Waals surface area contributed by atoms with Gasteiger partial charge in [0.05, 0.1) is 42.7 Å². The first-order valence-electron chi connectivity index (χ1n) is 11.3. The molecular weight excluding hydrogens is 476 g/mol. The summed E-state index contributed by atoms with van der Waals surface area (Å²) in [6, 6.07) is 18.2. The van der Waals surface area contributed by atoms with Gasteiger partial charge in [-0.15, -0.1) is 11.3 Å². The second-order valence-corrected chi connectivity index (χ2v) is 9.15. The number of ether oxygens (including phenoxy) is 2. The third-order valence-electron chi connectivity index (χ3n) is 5.76. The molecule has 2 aromatic carbocycles. The molecule has 0 aliphatic carbocycles. The van der Waals surface area contributed by atoms with Gasteiger partial charge >= 0.3 is 0 Å². The van der Waals surface area contributed by atoms with Crippen molar-refractivity contribution in [3.8, 4) is 17.1 Å². The molecule has 36 heavy (non-hydrogen) atoms. The van der Waals surface area contributed by atoms with Crippen LogP contribution in [0.25, 0.3) is 17.0 Å². The highest BCUT2D eigenvalue weighted by molar-refractivity contribution is 7.14. The van der Waals surface area contributed by atoms with Gasteiger partial charge in [-0.2, -0.15) is 0 Å². The summed E-state index contributed by atoms with van der Waals surface area (Å²) in [7, 11) is 0. The van der Waals surface area contributed by atoms with Crippen molar-refractivity contribution in [2.45, 2.75) is 6.10 Å². The average Bonchev–Trinajstić information content (AvgIpc) is 3.50. The topological polar surface area (TPSA) is 116 Å². The number of aromatic nitrogens is 3. The lowest BCUT2D eigenvalue weighted by atomic mass is 10.2. The van der Waals surface area contributed by atoms with Crippen LogP contribution in [0.4, 0.5) is 22.2 Å². The minimum absolute atomic E-state index is 0.0958. The van der Waals surface area contributed by atoms with Crippen LogP contribution in [-0.4, -0.2) is 39.6 Å². The number of nitrogen functional groups attached to an aromatic ring is 1. The fraction of sp³-hybridized carbons (Fsp3) is 0.115. The standard InChI is InChI=1S/C26H22N6O3S/c27-20-3-1-2-4-21(20)30-25(33)16-5-7-17(8-6-16)29-26-31-22(15-36-26)23-11-28-24-10-9-18(12-32(23)24)35-19-13-34-14-19/h1-12,15,19H,13-14,27H2,(H,29,31)(H,30,33). The van der Waals surface area contributed by atoms with E-state index in [9.17, 15) is 4.79 Å². The van der Waals surface area contributed by atoms with E-state index >= 15 is 0 Å². The Balaban J connectivity index is 1.15. The molecule has 0 atom stereocenters. The van der Waals surface area contributed by atoms with Crippen LogP contribution in [0.2, 0.25) is 0 Å². The van der Waals surface area contributed by atoms with Crippen molar-refractivity contribution < 1.29 is 14.3 Å². The van der Waals surface area contributed by atoms with Crippen LogP contribution in [0, 0.1) is 0 Å². The normalized spacial score (nSPS) is 13.3. The van der Waals surface area contributed by atoms with Crippen LogP contribution in [0.3, 0.4) is 0 Å². The third kappa shape index (κ3) is 4.47. The molecule has 0 saturated carbocycles. The number of rotatable bonds is 7. The van der Waals surface area contributed by atoms with Gasteiger partial charge in [0, 0.05) is 16.6 Å². The van der Waals surface area contributed by atoms with Crippen LogP contribution in [0.5, 0.6) is 5.75 Å². The minimum atomic E-state index is -0.225. The van der Waals surface area contributed by atoms with E-state index in [0.717, 1.165) is 33.6 Å². The summed E-state index contributed by atoms with van der Waals surface area (Å²) in [6.07, 6.45) is 3.82. The molecule has 180 valence electrons. The number of benzene rings is 2. The first kappa shape index (κ1) is 22.1. The maximum atomic E-state index is 12.6. The van der Waals surface area contributed by atoms with Gasteiger partial charge in [-0.1, -0.05) is 12.1 Å². The lowest BCUT2D eigenvalue weighted by Gasteiger charge is -2.26. The highest BCUT2D eigenvalue weighted by atomic mass is 32.1. The van der Waals surface area contributed by atoms with Gasteiger partial charge in [-0.3, -0.25) is 9.20 Å². The van der Waals surface area contributed by atoms with Crippen molar-refractivity contribution in [2.75, 3.05) is 29.6 Å². The molecule has 6 rings (SSSR count). The number of nitrogens with two attached hydrogens (primary N) is 1. The molecule has 9 nitrogen and oxygen atoms in total. The summed E-state index contributed by atoms with van der Waals surface area (Å²) in [4.78, 5) is 21.8. The number of fused-ring (bicyclic) bond motifs is 1. The second kappa shape index (κ2) is 9.33. The SMILES string of the molecule is Nc1ccccc1NC(=O)c1ccc(Nc2nc(-c3cnc4ccc(OC5COC5)cn34)cs2)cc1. The maximum absolute atomic E-state index is 12.6. The number of carbonyl (C=O) groups is 1. The quantitative estimate of drug-likeness (QED) is 0.276. The Labute approximate surface area is 210 Å². The smallest absolute Gasteiger partial charge is 0.255 e. The number of thiazole rings is 1. The molecule has 1 saturated heterocycles. The number of hydrogen-bond donors (Lipinski definition) is 3. The summed E-state index contributed by atoms with van der Waals surface area (Å²) >= 11 is 1.49. The third-order valence-corrected chi connectivity index (χ3v) is 6.52. The van der Waals surface area contributed by atoms with Crippen LogP contribution in [-0.2, 0) is 4.74 Å². The minimum Gasteiger partial charge on any atom is -0.484 e. The van der Waals surface area contributed by atoms with E-state index in [1.807, 2.05) is 52.4 Å². The number of nitrogens with zero attached hydrogens (tertiary/aromatic N) is 3. The fourth-order valence-electron chi connectivity index (χ4n) is 3.78. The zero-order chi connectivity index (χ0) is 24.5. The highest BCUT2D eigenvalue weighted by Crippen LogP contribution is 2.29. The van der Waals surface area contributed by atoms with Crippen molar-refractivity contribution in [3.63, 3.8) is 0 Å². The van der Waals surface area contributed by atoms with E-state index in [4.69, 9.17) is 20.2 Å². The summed E-state index contributed by atoms with van der Waals surface area (Å²) in [5.74, 6) is 0.541. The number of anilines is 4. The molecule has 4 heterocycles. The van der Waals surface area contributed by atoms with Gasteiger partial charge in [0.1, 0.15) is 23.2 Å². The van der Waals surface area contributed by atoms with Crippen LogP contribution in [0.15, 0.2) is 78.4 Å². The zero-order valence-electron chi connectivity index (χ0n) is 19.0. The molecule has 0 radical (unpaired) electrons. The zero-order valence-corrected chi connectivity index (χ0v) is 19.9. The number of carbonyl (C=O) groups excluding carboxylic acids is 1. The Morgan fingerprint density at radius 3 is 2.72 bits per heavy atom. The maximum Gasteiger partial charge on any atom is 0.255 e. The van der Waals surface area contributed by atoms with Gasteiger partial charge in [-0.05, 0) is 48.5 Å². The van der Waals surface area contributed by atoms with Crippen molar-refractivity contribution in [3.05, 3.63) is 84.0 Å². The van der Waals surface area contributed by atoms with E-state index in [0.29, 0.717) is 30.2 Å². The largest absolute Gasteiger partial charge is 0.484 e. The number of amides is 1. The first-order chi connectivity index (χ1) is 17.6. The Morgan fingerprint density at radius 2 is 1.94 bits per heavy atom. The second-order valence-electron chi connectivity index (χ2n) is 8.30. The monoisotopic (exact) mass is 498 g/mol. The lowest BCUT2D eigenvalue weighted by Crippen LogP contribution is -2.38. The van der Waals surface area contributed by atoms with E-state index in [2.05, 4.69) is 15.6 Å². The molecule has 4 N–H and O–H groups in total. The predicted octanol–water partition coefficient (Wildman–Crippen LogP) is 4.81. The molecule has 0 unspecified atom stereocenters. The van der Waals surface area contributed by atoms with Gasteiger partial charge in [-0.25, -0.2) is 9.97 Å². The molecule has 1 amide bonds. The van der Waals surface area contributed by atoms with Gasteiger partial charge in [0.2, 0.25) is 0 Å². The first-order valence-corrected chi connectivity index (χ1v) is 12.2. The number of pyridine rings is 1. The molecule has 3 aromatic heterocycles. The summed E-state index contributed by atoms with van der Waals surface area (Å²) in [6.45, 7) is 1.23.